The molecule has 0 saturated heterocycles. The third kappa shape index (κ3) is 4.47. The van der Waals surface area contributed by atoms with E-state index in [1.54, 1.807) is 11.6 Å². The second kappa shape index (κ2) is 9.46. The van der Waals surface area contributed by atoms with E-state index in [1.165, 1.54) is 10.1 Å². The fourth-order valence-electron chi connectivity index (χ4n) is 3.79. The van der Waals surface area contributed by atoms with Gasteiger partial charge in [-0.15, -0.1) is 0 Å². The number of fused-ring (bicyclic) bond motifs is 1. The summed E-state index contributed by atoms with van der Waals surface area (Å²) in [4.78, 5) is 30.7. The molecule has 1 N–H and O–H groups in total. The van der Waals surface area contributed by atoms with Crippen LogP contribution in [-0.2, 0) is 20.1 Å². The van der Waals surface area contributed by atoms with Gasteiger partial charge in [0, 0.05) is 20.2 Å². The molecule has 8 nitrogen and oxygen atoms in total. The van der Waals surface area contributed by atoms with Crippen molar-refractivity contribution >= 4 is 11.2 Å². The molecule has 2 aromatic heterocycles. The number of imidazole rings is 1. The van der Waals surface area contributed by atoms with Gasteiger partial charge >= 0.3 is 11.7 Å². The summed E-state index contributed by atoms with van der Waals surface area (Å²) in [5.41, 5.74) is 1.78. The van der Waals surface area contributed by atoms with Gasteiger partial charge in [0.1, 0.15) is 5.75 Å². The van der Waals surface area contributed by atoms with Gasteiger partial charge in [-0.05, 0) is 35.6 Å². The quantitative estimate of drug-likeness (QED) is 0.447. The molecule has 2 aromatic carbocycles. The van der Waals surface area contributed by atoms with Crippen molar-refractivity contribution in [2.75, 3.05) is 6.61 Å². The number of hydrogen-bond donors (Lipinski definition) is 1. The van der Waals surface area contributed by atoms with Crippen molar-refractivity contribution in [2.45, 2.75) is 39.3 Å². The molecule has 172 valence electrons. The van der Waals surface area contributed by atoms with Crippen LogP contribution in [0.25, 0.3) is 11.2 Å². The first-order valence-electron chi connectivity index (χ1n) is 11.0. The molecule has 0 aliphatic heterocycles. The summed E-state index contributed by atoms with van der Waals surface area (Å²) in [6.07, 6.45) is 0.305. The number of ether oxygens (including phenoxy) is 1. The second-order valence-electron chi connectivity index (χ2n) is 8.34. The highest BCUT2D eigenvalue weighted by atomic mass is 16.5. The summed E-state index contributed by atoms with van der Waals surface area (Å²) in [7, 11) is 1.58. The van der Waals surface area contributed by atoms with Crippen LogP contribution in [0.5, 0.6) is 11.8 Å². The molecule has 4 aromatic rings. The summed E-state index contributed by atoms with van der Waals surface area (Å²) >= 11 is 0. The molecular formula is C25H28N4O4. The average molecular weight is 449 g/mol. The SMILES string of the molecule is CC(C)c1ccc(Oc2nc3c(c(=O)n(CCCO)c(=O)n3C)n2Cc2ccccc2)cc1. The lowest BCUT2D eigenvalue weighted by Crippen LogP contribution is -2.39. The number of aliphatic hydroxyl groups excluding tert-OH is 1. The minimum Gasteiger partial charge on any atom is -0.425 e. The third-order valence-electron chi connectivity index (χ3n) is 5.68. The first-order chi connectivity index (χ1) is 15.9. The molecule has 0 radical (unpaired) electrons. The minimum atomic E-state index is -0.474. The second-order valence-corrected chi connectivity index (χ2v) is 8.34. The van der Waals surface area contributed by atoms with Gasteiger partial charge in [0.05, 0.1) is 6.54 Å². The van der Waals surface area contributed by atoms with Crippen LogP contribution in [0.2, 0.25) is 0 Å². The van der Waals surface area contributed by atoms with Crippen molar-refractivity contribution in [3.63, 3.8) is 0 Å². The number of aryl methyl sites for hydroxylation is 1. The summed E-state index contributed by atoms with van der Waals surface area (Å²) in [6.45, 7) is 4.61. The van der Waals surface area contributed by atoms with Crippen molar-refractivity contribution in [1.29, 1.82) is 0 Å². The first kappa shape index (κ1) is 22.5. The van der Waals surface area contributed by atoms with Crippen molar-refractivity contribution in [2.24, 2.45) is 7.05 Å². The average Bonchev–Trinajstić information content (AvgIpc) is 3.16. The van der Waals surface area contributed by atoms with Crippen LogP contribution >= 0.6 is 0 Å². The van der Waals surface area contributed by atoms with Crippen LogP contribution in [0.4, 0.5) is 0 Å². The summed E-state index contributed by atoms with van der Waals surface area (Å²) in [5.74, 6) is 0.989. The summed E-state index contributed by atoms with van der Waals surface area (Å²) < 4.78 is 10.3. The maximum Gasteiger partial charge on any atom is 0.332 e. The Morgan fingerprint density at radius 1 is 1.00 bits per heavy atom. The Kier molecular flexibility index (Phi) is 6.46. The number of hydrogen-bond acceptors (Lipinski definition) is 5. The third-order valence-corrected chi connectivity index (χ3v) is 5.68. The van der Waals surface area contributed by atoms with E-state index >= 15 is 0 Å². The summed E-state index contributed by atoms with van der Waals surface area (Å²) in [5, 5.41) is 9.20. The van der Waals surface area contributed by atoms with E-state index in [-0.39, 0.29) is 30.3 Å². The van der Waals surface area contributed by atoms with E-state index in [9.17, 15) is 14.7 Å². The molecule has 0 bridgehead atoms. The molecule has 33 heavy (non-hydrogen) atoms. The number of benzene rings is 2. The van der Waals surface area contributed by atoms with Crippen LogP contribution < -0.4 is 16.0 Å². The Morgan fingerprint density at radius 3 is 2.33 bits per heavy atom. The van der Waals surface area contributed by atoms with E-state index in [1.807, 2.05) is 54.6 Å². The molecule has 0 amide bonds. The first-order valence-corrected chi connectivity index (χ1v) is 11.0. The van der Waals surface area contributed by atoms with Crippen LogP contribution in [0.3, 0.4) is 0 Å². The van der Waals surface area contributed by atoms with Gasteiger partial charge in [-0.25, -0.2) is 4.79 Å². The van der Waals surface area contributed by atoms with Gasteiger partial charge in [0.2, 0.25) is 0 Å². The predicted octanol–water partition coefficient (Wildman–Crippen LogP) is 3.24. The number of nitrogens with zero attached hydrogens (tertiary/aromatic N) is 4. The molecule has 8 heteroatoms. The standard InChI is InChI=1S/C25H28N4O4/c1-17(2)19-10-12-20(13-11-19)33-24-26-22-21(29(24)16-18-8-5-4-6-9-18)23(31)28(14-7-15-30)25(32)27(22)3/h4-6,8-13,17,30H,7,14-16H2,1-3H3. The Bertz CT molecular complexity index is 1370. The van der Waals surface area contributed by atoms with Gasteiger partial charge in [0.15, 0.2) is 11.2 Å². The lowest BCUT2D eigenvalue weighted by Gasteiger charge is -2.12. The van der Waals surface area contributed by atoms with Gasteiger partial charge in [-0.1, -0.05) is 56.3 Å². The highest BCUT2D eigenvalue weighted by molar-refractivity contribution is 5.72. The minimum absolute atomic E-state index is 0.113. The Balaban J connectivity index is 1.88. The molecule has 0 aliphatic rings. The summed E-state index contributed by atoms with van der Waals surface area (Å²) in [6, 6.07) is 17.7. The van der Waals surface area contributed by atoms with Crippen LogP contribution in [0.15, 0.2) is 64.2 Å². The molecular weight excluding hydrogens is 420 g/mol. The molecule has 0 unspecified atom stereocenters. The highest BCUT2D eigenvalue weighted by Gasteiger charge is 2.22. The van der Waals surface area contributed by atoms with Gasteiger partial charge in [-0.3, -0.25) is 18.5 Å². The monoisotopic (exact) mass is 448 g/mol. The Hall–Kier alpha value is -3.65. The number of aromatic nitrogens is 4. The molecule has 4 rings (SSSR count). The largest absolute Gasteiger partial charge is 0.425 e. The van der Waals surface area contributed by atoms with E-state index in [0.717, 1.165) is 10.1 Å². The van der Waals surface area contributed by atoms with Gasteiger partial charge in [0.25, 0.3) is 5.56 Å². The molecule has 0 atom stereocenters. The zero-order valence-electron chi connectivity index (χ0n) is 19.1. The van der Waals surface area contributed by atoms with Crippen LogP contribution in [0, 0.1) is 0 Å². The lowest BCUT2D eigenvalue weighted by molar-refractivity contribution is 0.277. The van der Waals surface area contributed by atoms with Crippen molar-refractivity contribution < 1.29 is 9.84 Å². The van der Waals surface area contributed by atoms with Gasteiger partial charge in [-0.2, -0.15) is 4.98 Å². The topological polar surface area (TPSA) is 91.3 Å². The highest BCUT2D eigenvalue weighted by Crippen LogP contribution is 2.26. The lowest BCUT2D eigenvalue weighted by atomic mass is 10.0. The van der Waals surface area contributed by atoms with Crippen molar-refractivity contribution in [3.05, 3.63) is 86.6 Å². The van der Waals surface area contributed by atoms with Crippen LogP contribution in [-0.4, -0.2) is 30.4 Å². The normalized spacial score (nSPS) is 11.4. The van der Waals surface area contributed by atoms with Crippen LogP contribution in [0.1, 0.15) is 37.3 Å². The van der Waals surface area contributed by atoms with E-state index in [0.29, 0.717) is 24.6 Å². The molecule has 0 fully saturated rings. The Morgan fingerprint density at radius 2 is 1.70 bits per heavy atom. The molecule has 0 spiro atoms. The predicted molar refractivity (Wildman–Crippen MR) is 127 cm³/mol. The van der Waals surface area contributed by atoms with E-state index < -0.39 is 11.2 Å². The maximum absolute atomic E-state index is 13.4. The van der Waals surface area contributed by atoms with Crippen molar-refractivity contribution in [3.8, 4) is 11.8 Å². The number of aliphatic hydroxyl groups is 1. The fourth-order valence-corrected chi connectivity index (χ4v) is 3.79. The smallest absolute Gasteiger partial charge is 0.332 e. The zero-order valence-corrected chi connectivity index (χ0v) is 19.1. The molecule has 0 saturated carbocycles. The van der Waals surface area contributed by atoms with E-state index in [4.69, 9.17) is 4.74 Å². The number of rotatable bonds is 8. The zero-order chi connectivity index (χ0) is 23.5. The Labute approximate surface area is 191 Å². The van der Waals surface area contributed by atoms with Crippen molar-refractivity contribution in [1.82, 2.24) is 18.7 Å². The van der Waals surface area contributed by atoms with Gasteiger partial charge < -0.3 is 9.84 Å². The molecule has 2 heterocycles. The van der Waals surface area contributed by atoms with E-state index in [2.05, 4.69) is 18.8 Å². The fraction of sp³-hybridized carbons (Fsp3) is 0.320. The maximum atomic E-state index is 13.4. The molecule has 0 aliphatic carbocycles.